The van der Waals surface area contributed by atoms with Gasteiger partial charge in [-0.1, -0.05) is 12.1 Å². The predicted octanol–water partition coefficient (Wildman–Crippen LogP) is 1.26. The average Bonchev–Trinajstić information content (AvgIpc) is 3.31. The molecule has 1 aromatic heterocycles. The summed E-state index contributed by atoms with van der Waals surface area (Å²) >= 11 is 0. The zero-order chi connectivity index (χ0) is 21.7. The van der Waals surface area contributed by atoms with Gasteiger partial charge in [-0.25, -0.2) is 9.67 Å². The number of hydrogen-bond acceptors (Lipinski definition) is 5. The molecule has 1 aliphatic rings. The molecular formula is C21H28N6O3. The molecule has 1 aromatic carbocycles. The van der Waals surface area contributed by atoms with Gasteiger partial charge in [-0.3, -0.25) is 14.4 Å². The molecular weight excluding hydrogens is 384 g/mol. The molecule has 0 bridgehead atoms. The van der Waals surface area contributed by atoms with E-state index in [9.17, 15) is 14.4 Å². The molecule has 1 saturated heterocycles. The van der Waals surface area contributed by atoms with Crippen LogP contribution in [0.15, 0.2) is 36.9 Å². The van der Waals surface area contributed by atoms with Crippen LogP contribution >= 0.6 is 0 Å². The number of nitrogens with zero attached hydrogens (tertiary/aromatic N) is 6. The van der Waals surface area contributed by atoms with E-state index in [2.05, 4.69) is 10.1 Å². The number of rotatable bonds is 6. The number of aromatic nitrogens is 3. The Labute approximate surface area is 176 Å². The Bertz CT molecular complexity index is 873. The molecule has 2 aromatic rings. The molecule has 2 heterocycles. The maximum Gasteiger partial charge on any atom is 0.223 e. The van der Waals surface area contributed by atoms with Crippen molar-refractivity contribution in [3.8, 4) is 5.69 Å². The third-order valence-electron chi connectivity index (χ3n) is 5.66. The fraction of sp³-hybridized carbons (Fsp3) is 0.476. The molecule has 30 heavy (non-hydrogen) atoms. The fourth-order valence-electron chi connectivity index (χ4n) is 3.51. The van der Waals surface area contributed by atoms with Crippen molar-refractivity contribution in [1.82, 2.24) is 29.5 Å². The maximum atomic E-state index is 12.6. The molecule has 3 amide bonds. The zero-order valence-corrected chi connectivity index (χ0v) is 17.7. The topological polar surface area (TPSA) is 91.6 Å². The van der Waals surface area contributed by atoms with E-state index < -0.39 is 0 Å². The molecule has 3 rings (SSSR count). The lowest BCUT2D eigenvalue weighted by Crippen LogP contribution is -2.50. The van der Waals surface area contributed by atoms with Gasteiger partial charge in [-0.05, 0) is 24.6 Å². The van der Waals surface area contributed by atoms with Crippen LogP contribution in [0.1, 0.15) is 38.3 Å². The van der Waals surface area contributed by atoms with Gasteiger partial charge in [0.2, 0.25) is 17.7 Å². The highest BCUT2D eigenvalue weighted by Gasteiger charge is 2.24. The molecule has 0 saturated carbocycles. The number of benzene rings is 1. The van der Waals surface area contributed by atoms with Crippen LogP contribution in [0.3, 0.4) is 0 Å². The van der Waals surface area contributed by atoms with E-state index in [0.717, 1.165) is 11.3 Å². The summed E-state index contributed by atoms with van der Waals surface area (Å²) in [6.07, 6.45) is 3.46. The van der Waals surface area contributed by atoms with Crippen LogP contribution in [0.4, 0.5) is 0 Å². The van der Waals surface area contributed by atoms with Gasteiger partial charge >= 0.3 is 0 Å². The van der Waals surface area contributed by atoms with Crippen LogP contribution in [0.25, 0.3) is 5.69 Å². The number of carbonyl (C=O) groups excluding carboxylic acids is 3. The summed E-state index contributed by atoms with van der Waals surface area (Å²) < 4.78 is 1.67. The van der Waals surface area contributed by atoms with Crippen LogP contribution in [-0.2, 0) is 14.4 Å². The molecule has 1 fully saturated rings. The van der Waals surface area contributed by atoms with Crippen molar-refractivity contribution < 1.29 is 14.4 Å². The Hall–Kier alpha value is -3.23. The highest BCUT2D eigenvalue weighted by molar-refractivity contribution is 5.84. The van der Waals surface area contributed by atoms with Crippen molar-refractivity contribution in [2.45, 2.75) is 32.7 Å². The highest BCUT2D eigenvalue weighted by Crippen LogP contribution is 2.21. The van der Waals surface area contributed by atoms with E-state index in [0.29, 0.717) is 26.2 Å². The summed E-state index contributed by atoms with van der Waals surface area (Å²) in [7, 11) is 1.76. The third kappa shape index (κ3) is 5.03. The molecule has 1 atom stereocenters. The summed E-state index contributed by atoms with van der Waals surface area (Å²) in [6.45, 7) is 5.65. The van der Waals surface area contributed by atoms with Crippen molar-refractivity contribution in [2.24, 2.45) is 0 Å². The van der Waals surface area contributed by atoms with Crippen molar-refractivity contribution in [1.29, 1.82) is 0 Å². The summed E-state index contributed by atoms with van der Waals surface area (Å²) in [6, 6.07) is 7.68. The van der Waals surface area contributed by atoms with E-state index in [4.69, 9.17) is 0 Å². The van der Waals surface area contributed by atoms with Gasteiger partial charge < -0.3 is 14.7 Å². The highest BCUT2D eigenvalue weighted by atomic mass is 16.2. The predicted molar refractivity (Wildman–Crippen MR) is 111 cm³/mol. The second-order valence-electron chi connectivity index (χ2n) is 7.50. The number of amides is 3. The molecule has 0 radical (unpaired) electrons. The molecule has 9 heteroatoms. The maximum absolute atomic E-state index is 12.6. The minimum atomic E-state index is -0.114. The van der Waals surface area contributed by atoms with Gasteiger partial charge in [0.1, 0.15) is 12.7 Å². The summed E-state index contributed by atoms with van der Waals surface area (Å²) in [5.41, 5.74) is 1.90. The molecule has 0 aliphatic carbocycles. The lowest BCUT2D eigenvalue weighted by molar-refractivity contribution is -0.140. The van der Waals surface area contributed by atoms with Gasteiger partial charge in [0.05, 0.1) is 11.7 Å². The van der Waals surface area contributed by atoms with E-state index >= 15 is 0 Å². The summed E-state index contributed by atoms with van der Waals surface area (Å²) in [5, 5.41) is 4.10. The van der Waals surface area contributed by atoms with Crippen molar-refractivity contribution >= 4 is 17.7 Å². The normalized spacial score (nSPS) is 15.0. The fourth-order valence-corrected chi connectivity index (χ4v) is 3.51. The first-order valence-electron chi connectivity index (χ1n) is 10.1. The van der Waals surface area contributed by atoms with Gasteiger partial charge in [0.15, 0.2) is 0 Å². The molecule has 0 N–H and O–H groups in total. The van der Waals surface area contributed by atoms with Crippen molar-refractivity contribution in [3.05, 3.63) is 42.5 Å². The largest absolute Gasteiger partial charge is 0.339 e. The lowest BCUT2D eigenvalue weighted by Gasteiger charge is -2.34. The van der Waals surface area contributed by atoms with Crippen LogP contribution < -0.4 is 0 Å². The summed E-state index contributed by atoms with van der Waals surface area (Å²) in [5.74, 6) is -0.0782. The second kappa shape index (κ2) is 9.51. The van der Waals surface area contributed by atoms with Crippen LogP contribution in [-0.4, -0.2) is 80.4 Å². The Morgan fingerprint density at radius 2 is 1.67 bits per heavy atom. The minimum absolute atomic E-state index is 0.0298. The van der Waals surface area contributed by atoms with Crippen LogP contribution in [0, 0.1) is 0 Å². The van der Waals surface area contributed by atoms with E-state index in [1.54, 1.807) is 32.8 Å². The Balaban J connectivity index is 1.49. The first-order chi connectivity index (χ1) is 14.4. The second-order valence-corrected chi connectivity index (χ2v) is 7.50. The number of carbonyl (C=O) groups is 3. The quantitative estimate of drug-likeness (QED) is 0.712. The van der Waals surface area contributed by atoms with Gasteiger partial charge in [-0.2, -0.15) is 5.10 Å². The number of piperazine rings is 1. The van der Waals surface area contributed by atoms with E-state index in [1.165, 1.54) is 13.3 Å². The lowest BCUT2D eigenvalue weighted by atomic mass is 10.1. The Morgan fingerprint density at radius 1 is 1.03 bits per heavy atom. The van der Waals surface area contributed by atoms with Gasteiger partial charge in [-0.15, -0.1) is 0 Å². The molecule has 1 aliphatic heterocycles. The number of hydrogen-bond donors (Lipinski definition) is 0. The third-order valence-corrected chi connectivity index (χ3v) is 5.66. The summed E-state index contributed by atoms with van der Waals surface area (Å²) in [4.78, 5) is 45.5. The molecule has 0 unspecified atom stereocenters. The first kappa shape index (κ1) is 21.5. The Morgan fingerprint density at radius 3 is 2.23 bits per heavy atom. The van der Waals surface area contributed by atoms with Crippen LogP contribution in [0.2, 0.25) is 0 Å². The minimum Gasteiger partial charge on any atom is -0.339 e. The monoisotopic (exact) mass is 412 g/mol. The van der Waals surface area contributed by atoms with E-state index in [1.807, 2.05) is 31.2 Å². The van der Waals surface area contributed by atoms with Crippen molar-refractivity contribution in [2.75, 3.05) is 33.2 Å². The molecule has 160 valence electrons. The zero-order valence-electron chi connectivity index (χ0n) is 17.7. The molecule has 9 nitrogen and oxygen atoms in total. The van der Waals surface area contributed by atoms with E-state index in [-0.39, 0.29) is 36.6 Å². The SMILES string of the molecule is CC(=O)N1CCN(C(=O)CCC(=O)N(C)[C@@H](C)c2ccc(-n3cncn3)cc2)CC1. The average molecular weight is 412 g/mol. The Kier molecular flexibility index (Phi) is 6.81. The standard InChI is InChI=1S/C21H28N6O3/c1-16(18-4-6-19(7-5-18)27-15-22-14-23-27)24(3)20(29)8-9-21(30)26-12-10-25(11-13-26)17(2)28/h4-7,14-16H,8-13H2,1-3H3/t16-/m0/s1. The van der Waals surface area contributed by atoms with Gasteiger partial charge in [0.25, 0.3) is 0 Å². The van der Waals surface area contributed by atoms with Crippen LogP contribution in [0.5, 0.6) is 0 Å². The molecule has 0 spiro atoms. The van der Waals surface area contributed by atoms with Gasteiger partial charge in [0, 0.05) is 53.0 Å². The first-order valence-corrected chi connectivity index (χ1v) is 10.1. The smallest absolute Gasteiger partial charge is 0.223 e. The van der Waals surface area contributed by atoms with Crippen molar-refractivity contribution in [3.63, 3.8) is 0 Å².